The maximum absolute atomic E-state index is 12.7. The standard InChI is InChI=1S/C15H24N2O2S2/c18-21(19,17-11-3-1-2-4-12-17)15-8-7-14(20-15)9-10-16-13-5-6-13/h7-8,13,16H,1-6,9-12H2. The Morgan fingerprint density at radius 3 is 2.52 bits per heavy atom. The third-order valence-electron chi connectivity index (χ3n) is 4.18. The number of nitrogens with zero attached hydrogens (tertiary/aromatic N) is 1. The number of hydrogen-bond acceptors (Lipinski definition) is 4. The lowest BCUT2D eigenvalue weighted by atomic mass is 10.2. The SMILES string of the molecule is O=S(=O)(c1ccc(CCNC2CC2)s1)N1CCCCCC1. The molecule has 1 aliphatic heterocycles. The zero-order chi connectivity index (χ0) is 14.7. The minimum atomic E-state index is -3.26. The molecule has 1 aromatic heterocycles. The average molecular weight is 329 g/mol. The smallest absolute Gasteiger partial charge is 0.252 e. The highest BCUT2D eigenvalue weighted by Gasteiger charge is 2.26. The summed E-state index contributed by atoms with van der Waals surface area (Å²) in [5.74, 6) is 0. The van der Waals surface area contributed by atoms with Gasteiger partial charge in [0.15, 0.2) is 0 Å². The second-order valence-electron chi connectivity index (χ2n) is 6.02. The van der Waals surface area contributed by atoms with Crippen molar-refractivity contribution in [2.75, 3.05) is 19.6 Å². The van der Waals surface area contributed by atoms with E-state index in [1.807, 2.05) is 6.07 Å². The van der Waals surface area contributed by atoms with Gasteiger partial charge in [-0.25, -0.2) is 8.42 Å². The fourth-order valence-corrected chi connectivity index (χ4v) is 5.75. The highest BCUT2D eigenvalue weighted by molar-refractivity contribution is 7.91. The van der Waals surface area contributed by atoms with Crippen molar-refractivity contribution >= 4 is 21.4 Å². The topological polar surface area (TPSA) is 49.4 Å². The minimum Gasteiger partial charge on any atom is -0.314 e. The summed E-state index contributed by atoms with van der Waals surface area (Å²) >= 11 is 1.44. The van der Waals surface area contributed by atoms with Crippen LogP contribution >= 0.6 is 11.3 Å². The third kappa shape index (κ3) is 4.06. The summed E-state index contributed by atoms with van der Waals surface area (Å²) in [4.78, 5) is 1.16. The number of hydrogen-bond donors (Lipinski definition) is 1. The lowest BCUT2D eigenvalue weighted by Crippen LogP contribution is -2.31. The van der Waals surface area contributed by atoms with Gasteiger partial charge in [-0.05, 0) is 44.2 Å². The molecule has 2 heterocycles. The molecular formula is C15H24N2O2S2. The Bertz CT molecular complexity index is 556. The second-order valence-corrected chi connectivity index (χ2v) is 9.35. The Labute approximate surface area is 131 Å². The summed E-state index contributed by atoms with van der Waals surface area (Å²) in [5.41, 5.74) is 0. The van der Waals surface area contributed by atoms with Gasteiger partial charge in [-0.2, -0.15) is 4.31 Å². The summed E-state index contributed by atoms with van der Waals surface area (Å²) in [6, 6.07) is 4.48. The van der Waals surface area contributed by atoms with Gasteiger partial charge >= 0.3 is 0 Å². The van der Waals surface area contributed by atoms with Crippen LogP contribution in [0.15, 0.2) is 16.3 Å². The highest BCUT2D eigenvalue weighted by Crippen LogP contribution is 2.27. The predicted octanol–water partition coefficient (Wildman–Crippen LogP) is 2.61. The van der Waals surface area contributed by atoms with Crippen molar-refractivity contribution in [2.24, 2.45) is 0 Å². The van der Waals surface area contributed by atoms with E-state index in [9.17, 15) is 8.42 Å². The molecule has 1 N–H and O–H groups in total. The number of thiophene rings is 1. The predicted molar refractivity (Wildman–Crippen MR) is 86.3 cm³/mol. The summed E-state index contributed by atoms with van der Waals surface area (Å²) < 4.78 is 27.5. The van der Waals surface area contributed by atoms with Crippen LogP contribution in [0.2, 0.25) is 0 Å². The molecule has 6 heteroatoms. The lowest BCUT2D eigenvalue weighted by molar-refractivity contribution is 0.425. The van der Waals surface area contributed by atoms with Crippen LogP contribution in [0.3, 0.4) is 0 Å². The van der Waals surface area contributed by atoms with Gasteiger partial charge in [0.2, 0.25) is 0 Å². The molecule has 0 atom stereocenters. The summed E-state index contributed by atoms with van der Waals surface area (Å²) in [6.07, 6.45) is 7.78. The van der Waals surface area contributed by atoms with E-state index >= 15 is 0 Å². The molecule has 3 rings (SSSR count). The molecule has 2 aliphatic rings. The molecule has 0 aromatic carbocycles. The van der Waals surface area contributed by atoms with Crippen molar-refractivity contribution in [3.8, 4) is 0 Å². The Balaban J connectivity index is 1.62. The van der Waals surface area contributed by atoms with E-state index in [2.05, 4.69) is 5.32 Å². The number of rotatable bonds is 6. The molecule has 1 saturated carbocycles. The van der Waals surface area contributed by atoms with Gasteiger partial charge in [0, 0.05) is 30.6 Å². The van der Waals surface area contributed by atoms with Crippen LogP contribution in [0.5, 0.6) is 0 Å². The summed E-state index contributed by atoms with van der Waals surface area (Å²) in [6.45, 7) is 2.31. The van der Waals surface area contributed by atoms with E-state index in [4.69, 9.17) is 0 Å². The largest absolute Gasteiger partial charge is 0.314 e. The highest BCUT2D eigenvalue weighted by atomic mass is 32.2. The first-order valence-corrected chi connectivity index (χ1v) is 10.2. The average Bonchev–Trinajstić information content (AvgIpc) is 3.21. The van der Waals surface area contributed by atoms with Gasteiger partial charge in [-0.1, -0.05) is 12.8 Å². The van der Waals surface area contributed by atoms with Gasteiger partial charge in [0.25, 0.3) is 10.0 Å². The molecule has 1 saturated heterocycles. The van der Waals surface area contributed by atoms with Gasteiger partial charge < -0.3 is 5.32 Å². The Morgan fingerprint density at radius 1 is 1.14 bits per heavy atom. The first-order valence-electron chi connectivity index (χ1n) is 7.98. The second kappa shape index (κ2) is 6.77. The number of sulfonamides is 1. The van der Waals surface area contributed by atoms with Crippen molar-refractivity contribution in [1.82, 2.24) is 9.62 Å². The van der Waals surface area contributed by atoms with Gasteiger partial charge in [-0.3, -0.25) is 0 Å². The van der Waals surface area contributed by atoms with E-state index in [0.717, 1.165) is 43.5 Å². The van der Waals surface area contributed by atoms with Crippen LogP contribution in [-0.2, 0) is 16.4 Å². The Kier molecular flexibility index (Phi) is 4.99. The minimum absolute atomic E-state index is 0.519. The summed E-state index contributed by atoms with van der Waals surface area (Å²) in [5, 5.41) is 3.47. The lowest BCUT2D eigenvalue weighted by Gasteiger charge is -2.18. The molecule has 21 heavy (non-hydrogen) atoms. The molecule has 0 spiro atoms. The molecule has 0 unspecified atom stereocenters. The number of nitrogens with one attached hydrogen (secondary N) is 1. The zero-order valence-electron chi connectivity index (χ0n) is 12.4. The van der Waals surface area contributed by atoms with E-state index < -0.39 is 10.0 Å². The van der Waals surface area contributed by atoms with E-state index in [0.29, 0.717) is 23.3 Å². The normalized spacial score (nSPS) is 21.3. The summed E-state index contributed by atoms with van der Waals surface area (Å²) in [7, 11) is -3.26. The van der Waals surface area contributed by atoms with Crippen LogP contribution in [0.25, 0.3) is 0 Å². The van der Waals surface area contributed by atoms with Crippen LogP contribution in [0, 0.1) is 0 Å². The zero-order valence-corrected chi connectivity index (χ0v) is 14.0. The molecule has 118 valence electrons. The molecule has 1 aliphatic carbocycles. The van der Waals surface area contributed by atoms with Crippen LogP contribution in [0.1, 0.15) is 43.4 Å². The molecular weight excluding hydrogens is 304 g/mol. The first-order chi connectivity index (χ1) is 10.2. The van der Waals surface area contributed by atoms with Crippen LogP contribution < -0.4 is 5.32 Å². The van der Waals surface area contributed by atoms with Crippen LogP contribution in [0.4, 0.5) is 0 Å². The van der Waals surface area contributed by atoms with E-state index in [1.165, 1.54) is 24.2 Å². The van der Waals surface area contributed by atoms with Gasteiger partial charge in [0.05, 0.1) is 0 Å². The van der Waals surface area contributed by atoms with Gasteiger partial charge in [0.1, 0.15) is 4.21 Å². The van der Waals surface area contributed by atoms with Crippen molar-refractivity contribution in [2.45, 2.75) is 55.2 Å². The van der Waals surface area contributed by atoms with Crippen molar-refractivity contribution < 1.29 is 8.42 Å². The monoisotopic (exact) mass is 328 g/mol. The van der Waals surface area contributed by atoms with Crippen molar-refractivity contribution in [1.29, 1.82) is 0 Å². The molecule has 0 bridgehead atoms. The van der Waals surface area contributed by atoms with E-state index in [1.54, 1.807) is 10.4 Å². The molecule has 4 nitrogen and oxygen atoms in total. The first kappa shape index (κ1) is 15.5. The Morgan fingerprint density at radius 2 is 1.86 bits per heavy atom. The quantitative estimate of drug-likeness (QED) is 0.873. The van der Waals surface area contributed by atoms with Gasteiger partial charge in [-0.15, -0.1) is 11.3 Å². The maximum atomic E-state index is 12.7. The molecule has 0 amide bonds. The van der Waals surface area contributed by atoms with Crippen LogP contribution in [-0.4, -0.2) is 38.4 Å². The molecule has 0 radical (unpaired) electrons. The van der Waals surface area contributed by atoms with Crippen molar-refractivity contribution in [3.05, 3.63) is 17.0 Å². The Hall–Kier alpha value is -0.430. The molecule has 1 aromatic rings. The maximum Gasteiger partial charge on any atom is 0.252 e. The fraction of sp³-hybridized carbons (Fsp3) is 0.733. The third-order valence-corrected chi connectivity index (χ3v) is 7.69. The molecule has 2 fully saturated rings. The fourth-order valence-electron chi connectivity index (χ4n) is 2.73. The van der Waals surface area contributed by atoms with Crippen molar-refractivity contribution in [3.63, 3.8) is 0 Å². The van der Waals surface area contributed by atoms with E-state index in [-0.39, 0.29) is 0 Å².